The fourth-order valence-electron chi connectivity index (χ4n) is 3.71. The zero-order valence-electron chi connectivity index (χ0n) is 14.9. The van der Waals surface area contributed by atoms with Gasteiger partial charge in [-0.05, 0) is 5.56 Å². The number of hydrogen-bond acceptors (Lipinski definition) is 4. The topological polar surface area (TPSA) is 59.1 Å². The van der Waals surface area contributed by atoms with Gasteiger partial charge in [-0.3, -0.25) is 9.59 Å². The molecule has 0 N–H and O–H groups in total. The van der Waals surface area contributed by atoms with Gasteiger partial charge in [0.25, 0.3) is 0 Å². The SMILES string of the molecule is COC1(OC)CCN(C(=O)C2CC(=O)N(Cc3ccccc3)C2)CC1. The smallest absolute Gasteiger partial charge is 0.228 e. The minimum Gasteiger partial charge on any atom is -0.353 e. The van der Waals surface area contributed by atoms with Gasteiger partial charge in [0.15, 0.2) is 5.79 Å². The highest BCUT2D eigenvalue weighted by Crippen LogP contribution is 2.29. The molecule has 2 aliphatic heterocycles. The molecule has 136 valence electrons. The lowest BCUT2D eigenvalue weighted by molar-refractivity contribution is -0.229. The Hall–Kier alpha value is -1.92. The number of likely N-dealkylation sites (tertiary alicyclic amines) is 2. The van der Waals surface area contributed by atoms with Crippen LogP contribution in [0.1, 0.15) is 24.8 Å². The number of rotatable bonds is 5. The average molecular weight is 346 g/mol. The molecule has 0 bridgehead atoms. The largest absolute Gasteiger partial charge is 0.353 e. The lowest BCUT2D eigenvalue weighted by Crippen LogP contribution is -2.50. The molecule has 6 heteroatoms. The predicted molar refractivity (Wildman–Crippen MR) is 92.5 cm³/mol. The van der Waals surface area contributed by atoms with E-state index in [2.05, 4.69) is 0 Å². The number of methoxy groups -OCH3 is 2. The van der Waals surface area contributed by atoms with Crippen LogP contribution in [-0.4, -0.2) is 61.3 Å². The number of hydrogen-bond donors (Lipinski definition) is 0. The van der Waals surface area contributed by atoms with Crippen LogP contribution < -0.4 is 0 Å². The average Bonchev–Trinajstić information content (AvgIpc) is 3.02. The third-order valence-electron chi connectivity index (χ3n) is 5.36. The van der Waals surface area contributed by atoms with E-state index in [0.717, 1.165) is 5.56 Å². The van der Waals surface area contributed by atoms with E-state index < -0.39 is 5.79 Å². The van der Waals surface area contributed by atoms with Crippen molar-refractivity contribution in [1.82, 2.24) is 9.80 Å². The first-order valence-corrected chi connectivity index (χ1v) is 8.78. The summed E-state index contributed by atoms with van der Waals surface area (Å²) in [7, 11) is 3.27. The highest BCUT2D eigenvalue weighted by molar-refractivity contribution is 5.89. The zero-order valence-corrected chi connectivity index (χ0v) is 14.9. The Morgan fingerprint density at radius 1 is 1.16 bits per heavy atom. The first-order chi connectivity index (χ1) is 12.1. The number of carbonyl (C=O) groups excluding carboxylic acids is 2. The number of amides is 2. The Bertz CT molecular complexity index is 605. The first kappa shape index (κ1) is 17.9. The lowest BCUT2D eigenvalue weighted by atomic mass is 10.0. The molecule has 2 amide bonds. The molecule has 1 aromatic carbocycles. The number of carbonyl (C=O) groups is 2. The van der Waals surface area contributed by atoms with Crippen LogP contribution in [0, 0.1) is 5.92 Å². The molecule has 3 rings (SSSR count). The van der Waals surface area contributed by atoms with Crippen molar-refractivity contribution in [3.63, 3.8) is 0 Å². The minimum absolute atomic E-state index is 0.0577. The monoisotopic (exact) mass is 346 g/mol. The fourth-order valence-corrected chi connectivity index (χ4v) is 3.71. The van der Waals surface area contributed by atoms with Crippen molar-refractivity contribution in [2.75, 3.05) is 33.9 Å². The molecule has 0 aliphatic carbocycles. The van der Waals surface area contributed by atoms with Gasteiger partial charge in [-0.2, -0.15) is 0 Å². The van der Waals surface area contributed by atoms with Crippen molar-refractivity contribution in [2.24, 2.45) is 5.92 Å². The number of piperidine rings is 1. The second-order valence-electron chi connectivity index (χ2n) is 6.81. The minimum atomic E-state index is -0.582. The molecule has 0 aromatic heterocycles. The van der Waals surface area contributed by atoms with Crippen LogP contribution in [0.2, 0.25) is 0 Å². The molecule has 0 radical (unpaired) electrons. The summed E-state index contributed by atoms with van der Waals surface area (Å²) in [6.07, 6.45) is 1.61. The number of ether oxygens (including phenoxy) is 2. The highest BCUT2D eigenvalue weighted by atomic mass is 16.7. The van der Waals surface area contributed by atoms with Crippen LogP contribution >= 0.6 is 0 Å². The van der Waals surface area contributed by atoms with Gasteiger partial charge in [0.1, 0.15) is 0 Å². The molecule has 2 heterocycles. The van der Waals surface area contributed by atoms with Crippen LogP contribution in [0.5, 0.6) is 0 Å². The van der Waals surface area contributed by atoms with E-state index in [0.29, 0.717) is 45.4 Å². The van der Waals surface area contributed by atoms with Crippen LogP contribution in [-0.2, 0) is 25.6 Å². The van der Waals surface area contributed by atoms with Crippen LogP contribution in [0.25, 0.3) is 0 Å². The third-order valence-corrected chi connectivity index (χ3v) is 5.36. The maximum atomic E-state index is 12.8. The third kappa shape index (κ3) is 3.85. The van der Waals surface area contributed by atoms with Crippen molar-refractivity contribution < 1.29 is 19.1 Å². The van der Waals surface area contributed by atoms with E-state index in [1.54, 1.807) is 19.1 Å². The quantitative estimate of drug-likeness (QED) is 0.761. The summed E-state index contributed by atoms with van der Waals surface area (Å²) in [5.74, 6) is -0.692. The molecule has 2 fully saturated rings. The zero-order chi connectivity index (χ0) is 17.9. The molecular weight excluding hydrogens is 320 g/mol. The fraction of sp³-hybridized carbons (Fsp3) is 0.579. The number of benzene rings is 1. The molecule has 1 unspecified atom stereocenters. The van der Waals surface area contributed by atoms with Gasteiger partial charge in [0.05, 0.1) is 5.92 Å². The van der Waals surface area contributed by atoms with E-state index in [-0.39, 0.29) is 17.7 Å². The second kappa shape index (κ2) is 7.54. The Morgan fingerprint density at radius 3 is 2.40 bits per heavy atom. The summed E-state index contributed by atoms with van der Waals surface area (Å²) in [5.41, 5.74) is 1.09. The second-order valence-corrected chi connectivity index (χ2v) is 6.81. The van der Waals surface area contributed by atoms with Gasteiger partial charge in [-0.15, -0.1) is 0 Å². The van der Waals surface area contributed by atoms with Gasteiger partial charge in [0, 0.05) is 59.7 Å². The molecular formula is C19H26N2O4. The number of nitrogens with zero attached hydrogens (tertiary/aromatic N) is 2. The van der Waals surface area contributed by atoms with Gasteiger partial charge >= 0.3 is 0 Å². The van der Waals surface area contributed by atoms with E-state index in [4.69, 9.17) is 9.47 Å². The van der Waals surface area contributed by atoms with Gasteiger partial charge in [0.2, 0.25) is 11.8 Å². The Balaban J connectivity index is 1.56. The van der Waals surface area contributed by atoms with Gasteiger partial charge in [-0.25, -0.2) is 0 Å². The molecule has 0 spiro atoms. The Kier molecular flexibility index (Phi) is 5.39. The molecule has 6 nitrogen and oxygen atoms in total. The summed E-state index contributed by atoms with van der Waals surface area (Å²) in [4.78, 5) is 28.7. The van der Waals surface area contributed by atoms with Crippen molar-refractivity contribution in [3.8, 4) is 0 Å². The van der Waals surface area contributed by atoms with E-state index in [1.165, 1.54) is 0 Å². The summed E-state index contributed by atoms with van der Waals surface area (Å²) in [6, 6.07) is 9.89. The van der Waals surface area contributed by atoms with Crippen molar-refractivity contribution in [2.45, 2.75) is 31.6 Å². The molecule has 2 aliphatic rings. The Labute approximate surface area is 148 Å². The molecule has 2 saturated heterocycles. The first-order valence-electron chi connectivity index (χ1n) is 8.78. The highest BCUT2D eigenvalue weighted by Gasteiger charge is 2.40. The van der Waals surface area contributed by atoms with Gasteiger partial charge in [-0.1, -0.05) is 30.3 Å². The van der Waals surface area contributed by atoms with E-state index >= 15 is 0 Å². The molecule has 25 heavy (non-hydrogen) atoms. The molecule has 0 saturated carbocycles. The predicted octanol–water partition coefficient (Wildman–Crippen LogP) is 1.65. The summed E-state index contributed by atoms with van der Waals surface area (Å²) in [5, 5.41) is 0. The van der Waals surface area contributed by atoms with Crippen LogP contribution in [0.3, 0.4) is 0 Å². The maximum absolute atomic E-state index is 12.8. The van der Waals surface area contributed by atoms with Crippen molar-refractivity contribution in [1.29, 1.82) is 0 Å². The maximum Gasteiger partial charge on any atom is 0.228 e. The summed E-state index contributed by atoms with van der Waals surface area (Å²) >= 11 is 0. The van der Waals surface area contributed by atoms with Crippen LogP contribution in [0.15, 0.2) is 30.3 Å². The van der Waals surface area contributed by atoms with Crippen molar-refractivity contribution in [3.05, 3.63) is 35.9 Å². The normalized spacial score (nSPS) is 23.1. The summed E-state index contributed by atoms with van der Waals surface area (Å²) < 4.78 is 10.9. The molecule has 1 aromatic rings. The summed E-state index contributed by atoms with van der Waals surface area (Å²) in [6.45, 7) is 2.27. The van der Waals surface area contributed by atoms with Crippen LogP contribution in [0.4, 0.5) is 0 Å². The van der Waals surface area contributed by atoms with Crippen molar-refractivity contribution >= 4 is 11.8 Å². The van der Waals surface area contributed by atoms with E-state index in [9.17, 15) is 9.59 Å². The van der Waals surface area contributed by atoms with Gasteiger partial charge < -0.3 is 19.3 Å². The molecule has 1 atom stereocenters. The Morgan fingerprint density at radius 2 is 1.80 bits per heavy atom. The standard InChI is InChI=1S/C19H26N2O4/c1-24-19(25-2)8-10-20(11-9-19)18(23)16-12-17(22)21(14-16)13-15-6-4-3-5-7-15/h3-7,16H,8-14H2,1-2H3. The lowest BCUT2D eigenvalue weighted by Gasteiger charge is -2.40. The van der Waals surface area contributed by atoms with E-state index in [1.807, 2.05) is 35.2 Å².